The van der Waals surface area contributed by atoms with Gasteiger partial charge in [0.15, 0.2) is 0 Å². The zero-order chi connectivity index (χ0) is 16.0. The van der Waals surface area contributed by atoms with Gasteiger partial charge in [0.05, 0.1) is 11.3 Å². The minimum absolute atomic E-state index is 0.0116. The average Bonchev–Trinajstić information content (AvgIpc) is 2.43. The number of carbonyl (C=O) groups is 1. The first-order valence-electron chi connectivity index (χ1n) is 7.20. The molecule has 0 bridgehead atoms. The molecule has 1 aromatic heterocycles. The second-order valence-electron chi connectivity index (χ2n) is 5.29. The molecule has 1 rings (SSSR count). The summed E-state index contributed by atoms with van der Waals surface area (Å²) in [5, 5.41) is 12.9. The standard InChI is InChI=1S/C16H23N3OS/c1-6-7-10(2)18-15(20)9-21-16-14(8-17)12(4)11(3)13(5)19-16/h10H,6-7,9H2,1-5H3,(H,18,20). The zero-order valence-corrected chi connectivity index (χ0v) is 14.2. The van der Waals surface area contributed by atoms with Gasteiger partial charge in [-0.15, -0.1) is 0 Å². The van der Waals surface area contributed by atoms with Crippen LogP contribution in [0.5, 0.6) is 0 Å². The van der Waals surface area contributed by atoms with E-state index in [9.17, 15) is 10.1 Å². The second kappa shape index (κ2) is 8.04. The molecule has 0 aromatic carbocycles. The number of amides is 1. The summed E-state index contributed by atoms with van der Waals surface area (Å²) in [6, 6.07) is 2.39. The molecule has 1 amide bonds. The van der Waals surface area contributed by atoms with Crippen LogP contribution in [0.4, 0.5) is 0 Å². The fraction of sp³-hybridized carbons (Fsp3) is 0.562. The van der Waals surface area contributed by atoms with Crippen LogP contribution in [0.25, 0.3) is 0 Å². The Balaban J connectivity index is 2.76. The van der Waals surface area contributed by atoms with Crippen LogP contribution in [0.3, 0.4) is 0 Å². The number of nitriles is 1. The van der Waals surface area contributed by atoms with E-state index in [1.807, 2.05) is 27.7 Å². The van der Waals surface area contributed by atoms with Crippen LogP contribution >= 0.6 is 11.8 Å². The monoisotopic (exact) mass is 305 g/mol. The summed E-state index contributed by atoms with van der Waals surface area (Å²) in [4.78, 5) is 16.3. The van der Waals surface area contributed by atoms with Crippen molar-refractivity contribution in [1.82, 2.24) is 10.3 Å². The lowest BCUT2D eigenvalue weighted by molar-refractivity contribution is -0.119. The van der Waals surface area contributed by atoms with Crippen LogP contribution < -0.4 is 5.32 Å². The lowest BCUT2D eigenvalue weighted by Crippen LogP contribution is -2.33. The van der Waals surface area contributed by atoms with E-state index in [1.165, 1.54) is 11.8 Å². The first-order valence-corrected chi connectivity index (χ1v) is 8.19. The first kappa shape index (κ1) is 17.5. The van der Waals surface area contributed by atoms with Crippen molar-refractivity contribution in [3.05, 3.63) is 22.4 Å². The maximum Gasteiger partial charge on any atom is 0.230 e. The van der Waals surface area contributed by atoms with Crippen LogP contribution in [-0.4, -0.2) is 22.7 Å². The van der Waals surface area contributed by atoms with E-state index in [2.05, 4.69) is 23.3 Å². The first-order chi connectivity index (χ1) is 9.90. The molecule has 0 saturated carbocycles. The Labute approximate surface area is 131 Å². The van der Waals surface area contributed by atoms with Crippen molar-refractivity contribution in [3.8, 4) is 6.07 Å². The molecule has 114 valence electrons. The molecule has 4 nitrogen and oxygen atoms in total. The SMILES string of the molecule is CCCC(C)NC(=O)CSc1nc(C)c(C)c(C)c1C#N. The van der Waals surface area contributed by atoms with Crippen LogP contribution in [0.1, 0.15) is 49.1 Å². The molecule has 0 aliphatic carbocycles. The summed E-state index contributed by atoms with van der Waals surface area (Å²) in [6.45, 7) is 9.92. The molecular weight excluding hydrogens is 282 g/mol. The maximum atomic E-state index is 11.9. The average molecular weight is 305 g/mol. The van der Waals surface area contributed by atoms with Crippen LogP contribution in [0.15, 0.2) is 5.03 Å². The van der Waals surface area contributed by atoms with E-state index in [0.29, 0.717) is 10.6 Å². The summed E-state index contributed by atoms with van der Waals surface area (Å²) in [5.41, 5.74) is 3.48. The summed E-state index contributed by atoms with van der Waals surface area (Å²) in [7, 11) is 0. The lowest BCUT2D eigenvalue weighted by atomic mass is 10.1. The Hall–Kier alpha value is -1.54. The van der Waals surface area contributed by atoms with Gasteiger partial charge in [0.1, 0.15) is 11.1 Å². The number of nitrogens with zero attached hydrogens (tertiary/aromatic N) is 2. The molecule has 0 fully saturated rings. The number of carbonyl (C=O) groups excluding carboxylic acids is 1. The third kappa shape index (κ3) is 4.75. The van der Waals surface area contributed by atoms with Gasteiger partial charge in [-0.05, 0) is 45.2 Å². The number of rotatable bonds is 6. The Kier molecular flexibility index (Phi) is 6.70. The molecule has 1 N–H and O–H groups in total. The Morgan fingerprint density at radius 3 is 2.62 bits per heavy atom. The van der Waals surface area contributed by atoms with Crippen molar-refractivity contribution in [2.75, 3.05) is 5.75 Å². The van der Waals surface area contributed by atoms with Gasteiger partial charge < -0.3 is 5.32 Å². The fourth-order valence-corrected chi connectivity index (χ4v) is 3.00. The van der Waals surface area contributed by atoms with Gasteiger partial charge in [0, 0.05) is 11.7 Å². The highest BCUT2D eigenvalue weighted by atomic mass is 32.2. The molecule has 1 unspecified atom stereocenters. The molecule has 21 heavy (non-hydrogen) atoms. The Bertz CT molecular complexity index is 564. The highest BCUT2D eigenvalue weighted by molar-refractivity contribution is 8.00. The number of thioether (sulfide) groups is 1. The number of aromatic nitrogens is 1. The van der Waals surface area contributed by atoms with Gasteiger partial charge in [0.25, 0.3) is 0 Å². The molecule has 0 aliphatic rings. The predicted octanol–water partition coefficient (Wildman–Crippen LogP) is 3.28. The summed E-state index contributed by atoms with van der Waals surface area (Å²) < 4.78 is 0. The smallest absolute Gasteiger partial charge is 0.230 e. The molecule has 0 spiro atoms. The third-order valence-electron chi connectivity index (χ3n) is 3.54. The topological polar surface area (TPSA) is 65.8 Å². The molecule has 1 atom stereocenters. The minimum atomic E-state index is -0.0116. The predicted molar refractivity (Wildman–Crippen MR) is 86.4 cm³/mol. The molecule has 0 aliphatic heterocycles. The van der Waals surface area contributed by atoms with E-state index in [1.54, 1.807) is 0 Å². The van der Waals surface area contributed by atoms with Gasteiger partial charge in [-0.3, -0.25) is 4.79 Å². The van der Waals surface area contributed by atoms with E-state index < -0.39 is 0 Å². The van der Waals surface area contributed by atoms with Crippen LogP contribution in [0, 0.1) is 32.1 Å². The quantitative estimate of drug-likeness (QED) is 0.819. The molecule has 0 saturated heterocycles. The zero-order valence-electron chi connectivity index (χ0n) is 13.4. The third-order valence-corrected chi connectivity index (χ3v) is 4.52. The molecule has 1 aromatic rings. The highest BCUT2D eigenvalue weighted by Crippen LogP contribution is 2.26. The van der Waals surface area contributed by atoms with Gasteiger partial charge >= 0.3 is 0 Å². The minimum Gasteiger partial charge on any atom is -0.353 e. The van der Waals surface area contributed by atoms with Crippen molar-refractivity contribution < 1.29 is 4.79 Å². The number of aryl methyl sites for hydroxylation is 1. The van der Waals surface area contributed by atoms with E-state index in [-0.39, 0.29) is 17.7 Å². The lowest BCUT2D eigenvalue weighted by Gasteiger charge is -2.13. The molecule has 0 radical (unpaired) electrons. The molecular formula is C16H23N3OS. The van der Waals surface area contributed by atoms with Gasteiger partial charge in [-0.25, -0.2) is 4.98 Å². The summed E-state index contributed by atoms with van der Waals surface area (Å²) in [6.07, 6.45) is 2.02. The second-order valence-corrected chi connectivity index (χ2v) is 6.25. The number of pyridine rings is 1. The van der Waals surface area contributed by atoms with Crippen LogP contribution in [-0.2, 0) is 4.79 Å². The number of hydrogen-bond acceptors (Lipinski definition) is 4. The molecule has 5 heteroatoms. The summed E-state index contributed by atoms with van der Waals surface area (Å²) in [5.74, 6) is 0.278. The van der Waals surface area contributed by atoms with Gasteiger partial charge in [-0.2, -0.15) is 5.26 Å². The summed E-state index contributed by atoms with van der Waals surface area (Å²) >= 11 is 1.33. The Morgan fingerprint density at radius 1 is 1.38 bits per heavy atom. The van der Waals surface area contributed by atoms with Gasteiger partial charge in [0.2, 0.25) is 5.91 Å². The highest BCUT2D eigenvalue weighted by Gasteiger charge is 2.14. The van der Waals surface area contributed by atoms with E-state index in [0.717, 1.165) is 29.7 Å². The normalized spacial score (nSPS) is 11.8. The fourth-order valence-electron chi connectivity index (χ4n) is 2.10. The molecule has 1 heterocycles. The number of hydrogen-bond donors (Lipinski definition) is 1. The van der Waals surface area contributed by atoms with Crippen molar-refractivity contribution in [2.24, 2.45) is 0 Å². The van der Waals surface area contributed by atoms with Gasteiger partial charge in [-0.1, -0.05) is 25.1 Å². The van der Waals surface area contributed by atoms with E-state index in [4.69, 9.17) is 0 Å². The van der Waals surface area contributed by atoms with Crippen molar-refractivity contribution >= 4 is 17.7 Å². The van der Waals surface area contributed by atoms with Crippen molar-refractivity contribution in [2.45, 2.75) is 58.5 Å². The van der Waals surface area contributed by atoms with Crippen molar-refractivity contribution in [3.63, 3.8) is 0 Å². The van der Waals surface area contributed by atoms with Crippen LogP contribution in [0.2, 0.25) is 0 Å². The largest absolute Gasteiger partial charge is 0.353 e. The maximum absolute atomic E-state index is 11.9. The number of nitrogens with one attached hydrogen (secondary N) is 1. The van der Waals surface area contributed by atoms with Crippen molar-refractivity contribution in [1.29, 1.82) is 5.26 Å². The Morgan fingerprint density at radius 2 is 2.05 bits per heavy atom. The van der Waals surface area contributed by atoms with E-state index >= 15 is 0 Å².